The first-order valence-electron chi connectivity index (χ1n) is 26.9. The molecule has 11 atom stereocenters. The van der Waals surface area contributed by atoms with Crippen LogP contribution in [0.25, 0.3) is 10.9 Å². The maximum absolute atomic E-state index is 15.0. The van der Waals surface area contributed by atoms with Crippen LogP contribution in [0.1, 0.15) is 84.1 Å². The molecule has 0 saturated carbocycles. The third-order valence-electron chi connectivity index (χ3n) is 14.2. The number of aliphatic hydroxyl groups is 3. The second-order valence-corrected chi connectivity index (χ2v) is 21.8. The summed E-state index contributed by atoms with van der Waals surface area (Å²) in [5, 5.41) is 63.0. The lowest BCUT2D eigenvalue weighted by molar-refractivity contribution is -0.144. The van der Waals surface area contributed by atoms with E-state index in [0.29, 0.717) is 36.8 Å². The Morgan fingerprint density at radius 1 is 0.805 bits per heavy atom. The summed E-state index contributed by atoms with van der Waals surface area (Å²) < 4.78 is 21.0. The van der Waals surface area contributed by atoms with Crippen LogP contribution in [0.4, 0.5) is 0 Å². The molecule has 11 amide bonds. The van der Waals surface area contributed by atoms with Crippen LogP contribution >= 0.6 is 0 Å². The van der Waals surface area contributed by atoms with Crippen LogP contribution in [0.3, 0.4) is 0 Å². The van der Waals surface area contributed by atoms with Gasteiger partial charge in [0.15, 0.2) is 0 Å². The number of aliphatic carboxylic acids is 1. The fourth-order valence-corrected chi connectivity index (χ4v) is 10.7. The van der Waals surface area contributed by atoms with Crippen LogP contribution in [0.2, 0.25) is 0 Å². The first-order valence-corrected chi connectivity index (χ1v) is 28.2. The molecule has 11 unspecified atom stereocenters. The van der Waals surface area contributed by atoms with Crippen LogP contribution in [0.15, 0.2) is 23.2 Å². The van der Waals surface area contributed by atoms with Gasteiger partial charge in [0.05, 0.1) is 73.4 Å². The summed E-state index contributed by atoms with van der Waals surface area (Å²) in [7, 11) is -2.43. The van der Waals surface area contributed by atoms with Crippen molar-refractivity contribution in [2.75, 3.05) is 51.7 Å². The minimum absolute atomic E-state index is 0.0850. The average molecular weight is 1180 g/mol. The Morgan fingerprint density at radius 2 is 1.48 bits per heavy atom. The van der Waals surface area contributed by atoms with E-state index in [9.17, 15) is 72.9 Å². The van der Waals surface area contributed by atoms with Crippen molar-refractivity contribution < 1.29 is 86.9 Å². The van der Waals surface area contributed by atoms with Gasteiger partial charge < -0.3 is 88.6 Å². The molecule has 0 aliphatic carbocycles. The second-order valence-electron chi connectivity index (χ2n) is 20.4. The van der Waals surface area contributed by atoms with Gasteiger partial charge in [0, 0.05) is 62.7 Å². The van der Waals surface area contributed by atoms with Crippen molar-refractivity contribution in [3.05, 3.63) is 23.8 Å². The monoisotopic (exact) mass is 1170 g/mol. The van der Waals surface area contributed by atoms with Crippen molar-refractivity contribution in [3.63, 3.8) is 0 Å². The van der Waals surface area contributed by atoms with E-state index in [-0.39, 0.29) is 61.0 Å². The minimum Gasteiger partial charge on any atom is -0.494 e. The predicted molar refractivity (Wildman–Crippen MR) is 287 cm³/mol. The van der Waals surface area contributed by atoms with Gasteiger partial charge in [0.1, 0.15) is 47.0 Å². The first-order chi connectivity index (χ1) is 38.9. The molecule has 31 heteroatoms. The van der Waals surface area contributed by atoms with Gasteiger partial charge in [-0.1, -0.05) is 27.2 Å². The summed E-state index contributed by atoms with van der Waals surface area (Å²) >= 11 is 0. The summed E-state index contributed by atoms with van der Waals surface area (Å²) in [5.41, 5.74) is 5.88. The molecule has 2 bridgehead atoms. The number of H-pyrrole nitrogens is 1. The summed E-state index contributed by atoms with van der Waals surface area (Å²) in [6.45, 7) is 2.08. The van der Waals surface area contributed by atoms with E-state index < -0.39 is 187 Å². The number of amides is 11. The number of aromatic amines is 1. The van der Waals surface area contributed by atoms with Crippen molar-refractivity contribution in [3.8, 4) is 5.75 Å². The maximum atomic E-state index is 15.0. The number of primary amides is 1. The molecule has 1 aromatic heterocycles. The van der Waals surface area contributed by atoms with E-state index in [1.807, 2.05) is 0 Å². The zero-order chi connectivity index (χ0) is 60.4. The third kappa shape index (κ3) is 18.6. The fourth-order valence-electron chi connectivity index (χ4n) is 9.34. The Balaban J connectivity index is 1.55. The van der Waals surface area contributed by atoms with Gasteiger partial charge in [-0.2, -0.15) is 0 Å². The molecule has 4 heterocycles. The molecule has 0 spiro atoms. The smallest absolute Gasteiger partial charge is 0.303 e. The molecule has 1 fully saturated rings. The van der Waals surface area contributed by atoms with Crippen molar-refractivity contribution >= 4 is 92.7 Å². The van der Waals surface area contributed by atoms with Crippen LogP contribution in [-0.2, 0) is 74.8 Å². The number of benzene rings is 1. The molecule has 82 heavy (non-hydrogen) atoms. The molecule has 3 aliphatic heterocycles. The van der Waals surface area contributed by atoms with Gasteiger partial charge in [-0.3, -0.25) is 61.7 Å². The third-order valence-corrected chi connectivity index (χ3v) is 15.6. The zero-order valence-electron chi connectivity index (χ0n) is 45.7. The molecule has 0 radical (unpaired) electrons. The molecule has 16 N–H and O–H groups in total. The maximum Gasteiger partial charge on any atom is 0.303 e. The van der Waals surface area contributed by atoms with Gasteiger partial charge in [0.2, 0.25) is 65.0 Å². The number of fused-ring (bicyclic) bond motifs is 5. The minimum atomic E-state index is -2.43. The Hall–Kier alpha value is -7.77. The number of nitrogens with one attached hydrogen (secondary N) is 10. The summed E-state index contributed by atoms with van der Waals surface area (Å²) in [5.74, 6) is -13.6. The Bertz CT molecular complexity index is 2740. The number of carbonyl (C=O) groups excluding carboxylic acids is 11. The average Bonchev–Trinajstić information content (AvgIpc) is 4.26. The number of ether oxygens (including phenoxy) is 1. The molecule has 5 rings (SSSR count). The molecular weight excluding hydrogens is 1100 g/mol. The van der Waals surface area contributed by atoms with E-state index in [1.165, 1.54) is 13.0 Å². The number of hydrogen-bond acceptors (Lipinski definition) is 17. The van der Waals surface area contributed by atoms with Crippen LogP contribution in [0, 0.1) is 11.8 Å². The molecular formula is C51H74N12O18S. The highest BCUT2D eigenvalue weighted by Gasteiger charge is 2.45. The number of unbranched alkanes of at least 4 members (excludes halogenated alkanes) is 2. The summed E-state index contributed by atoms with van der Waals surface area (Å²) in [4.78, 5) is 164. The lowest BCUT2D eigenvalue weighted by atomic mass is 9.93. The number of rotatable bonds is 20. The number of carboxylic acid groups (broad SMARTS) is 1. The van der Waals surface area contributed by atoms with E-state index in [1.54, 1.807) is 26.0 Å². The number of aliphatic hydroxyl groups excluding tert-OH is 3. The van der Waals surface area contributed by atoms with Crippen molar-refractivity contribution in [2.24, 2.45) is 17.6 Å². The van der Waals surface area contributed by atoms with E-state index >= 15 is 4.21 Å². The lowest BCUT2D eigenvalue weighted by Gasteiger charge is -2.32. The number of carbonyl (C=O) groups is 12. The molecule has 452 valence electrons. The van der Waals surface area contributed by atoms with Gasteiger partial charge in [-0.25, -0.2) is 0 Å². The number of aromatic nitrogens is 1. The lowest BCUT2D eigenvalue weighted by Crippen LogP contribution is -2.62. The van der Waals surface area contributed by atoms with Crippen LogP contribution < -0.4 is 58.3 Å². The van der Waals surface area contributed by atoms with E-state index in [4.69, 9.17) is 15.6 Å². The Morgan fingerprint density at radius 3 is 2.13 bits per heavy atom. The molecule has 2 aromatic rings. The van der Waals surface area contributed by atoms with Crippen molar-refractivity contribution in [1.29, 1.82) is 0 Å². The molecule has 1 aromatic carbocycles. The topological polar surface area (TPSA) is 465 Å². The molecule has 3 aliphatic rings. The van der Waals surface area contributed by atoms with E-state index in [2.05, 4.69) is 52.8 Å². The van der Waals surface area contributed by atoms with Crippen LogP contribution in [0.5, 0.6) is 5.75 Å². The van der Waals surface area contributed by atoms with Gasteiger partial charge in [0.25, 0.3) is 0 Å². The quantitative estimate of drug-likeness (QED) is 0.0550. The molecule has 1 saturated heterocycles. The number of nitrogens with zero attached hydrogens (tertiary/aromatic N) is 1. The fraction of sp³-hybridized carbons (Fsp3) is 0.608. The van der Waals surface area contributed by atoms with Gasteiger partial charge in [-0.05, 0) is 42.9 Å². The van der Waals surface area contributed by atoms with E-state index in [0.717, 1.165) is 4.90 Å². The van der Waals surface area contributed by atoms with Crippen molar-refractivity contribution in [2.45, 2.75) is 138 Å². The zero-order valence-corrected chi connectivity index (χ0v) is 46.5. The number of carboxylic acids is 1. The highest BCUT2D eigenvalue weighted by molar-refractivity contribution is 7.85. The normalized spacial score (nSPS) is 24.6. The van der Waals surface area contributed by atoms with Crippen molar-refractivity contribution in [1.82, 2.24) is 57.7 Å². The SMILES string of the molecule is CCC(C)C1NC(=O)CNC(=O)C2Cc3c([nH]c4cc(OCCCCCC(=O)NCCNC(=O)CCC(=O)O)ccc34)S(=O)CC(NC(=O)CNC1=O)C(=O)NC(CC(N)=O)C(=O)N1CC(O)CC1C(=O)NC(C(C)C(O)CO)C(=O)N2. The van der Waals surface area contributed by atoms with Crippen LogP contribution in [-0.4, -0.2) is 206 Å². The first kappa shape index (κ1) is 65.0. The summed E-state index contributed by atoms with van der Waals surface area (Å²) in [6, 6.07) is -5.53. The standard InChI is InChI=1S/C51H74N12O18S/c1-4-25(2)43-48(77)56-20-40(70)57-34-24-82(80)50-30(29-10-9-28(17-31(29)60-50)81-15-7-5-6-8-38(68)53-13-14-54-39(69)11-12-42(72)73)18-32(45(74)55-21-41(71)61-43)58-49(78)44(26(3)36(66)23-64)62-47(76)35-16-27(65)22-63(35)51(79)33(19-37(52)67)59-46(34)75/h9-10,17,25-27,32-36,43-44,60,64-66H,4-8,11-16,18-24H2,1-3H3,(H2,52,67)(H,53,68)(H,54,69)(H,55,74)(H,56,77)(H,57,70)(H,58,78)(H,59,75)(H,61,71)(H,62,76)(H,72,73). The van der Waals surface area contributed by atoms with Gasteiger partial charge >= 0.3 is 5.97 Å². The highest BCUT2D eigenvalue weighted by atomic mass is 32.2. The largest absolute Gasteiger partial charge is 0.494 e. The second kappa shape index (κ2) is 30.9. The Kier molecular flexibility index (Phi) is 24.5. The Labute approximate surface area is 473 Å². The summed E-state index contributed by atoms with van der Waals surface area (Å²) in [6.07, 6.45) is -3.37. The number of nitrogens with two attached hydrogens (primary N) is 1. The number of hydrogen-bond donors (Lipinski definition) is 15. The molecule has 30 nitrogen and oxygen atoms in total. The highest BCUT2D eigenvalue weighted by Crippen LogP contribution is 2.31. The van der Waals surface area contributed by atoms with Gasteiger partial charge in [-0.15, -0.1) is 0 Å². The predicted octanol–water partition coefficient (Wildman–Crippen LogP) is -5.59.